The Morgan fingerprint density at radius 1 is 1.60 bits per heavy atom. The molecule has 10 heavy (non-hydrogen) atoms. The van der Waals surface area contributed by atoms with Crippen molar-refractivity contribution in [3.8, 4) is 12.3 Å². The molecule has 1 aromatic rings. The first-order chi connectivity index (χ1) is 4.84. The van der Waals surface area contributed by atoms with Gasteiger partial charge in [-0.25, -0.2) is 0 Å². The lowest BCUT2D eigenvalue weighted by Gasteiger charge is -1.95. The zero-order valence-electron chi connectivity index (χ0n) is 5.45. The van der Waals surface area contributed by atoms with E-state index in [1.54, 1.807) is 18.3 Å². The summed E-state index contributed by atoms with van der Waals surface area (Å²) in [5.74, 6) is 2.39. The van der Waals surface area contributed by atoms with Crippen molar-refractivity contribution < 1.29 is 0 Å². The van der Waals surface area contributed by atoms with Gasteiger partial charge in [0.05, 0.1) is 6.54 Å². The number of hydrogen-bond donors (Lipinski definition) is 0. The molecule has 1 heterocycles. The van der Waals surface area contributed by atoms with Crippen LogP contribution >= 0.6 is 0 Å². The smallest absolute Gasteiger partial charge is 0.251 e. The summed E-state index contributed by atoms with van der Waals surface area (Å²) in [6, 6.07) is 4.95. The van der Waals surface area contributed by atoms with Crippen LogP contribution in [0.2, 0.25) is 0 Å². The number of pyridine rings is 1. The van der Waals surface area contributed by atoms with Crippen LogP contribution < -0.4 is 5.56 Å². The van der Waals surface area contributed by atoms with Gasteiger partial charge in [-0.2, -0.15) is 0 Å². The van der Waals surface area contributed by atoms with Crippen LogP contribution in [-0.4, -0.2) is 4.57 Å². The Labute approximate surface area is 59.1 Å². The maximum absolute atomic E-state index is 10.9. The van der Waals surface area contributed by atoms with Gasteiger partial charge in [0.15, 0.2) is 0 Å². The van der Waals surface area contributed by atoms with Crippen molar-refractivity contribution in [2.75, 3.05) is 0 Å². The van der Waals surface area contributed by atoms with Crippen molar-refractivity contribution in [2.45, 2.75) is 6.54 Å². The third-order valence-electron chi connectivity index (χ3n) is 1.16. The Hall–Kier alpha value is -1.49. The van der Waals surface area contributed by atoms with E-state index in [1.165, 1.54) is 10.6 Å². The van der Waals surface area contributed by atoms with Gasteiger partial charge in [0.2, 0.25) is 0 Å². The third-order valence-corrected chi connectivity index (χ3v) is 1.16. The van der Waals surface area contributed by atoms with Crippen molar-refractivity contribution >= 4 is 0 Å². The molecule has 2 heteroatoms. The highest BCUT2D eigenvalue weighted by atomic mass is 16.1. The first kappa shape index (κ1) is 6.63. The van der Waals surface area contributed by atoms with E-state index in [0.29, 0.717) is 6.54 Å². The minimum Gasteiger partial charge on any atom is -0.304 e. The summed E-state index contributed by atoms with van der Waals surface area (Å²) in [7, 11) is 0. The van der Waals surface area contributed by atoms with Gasteiger partial charge in [0.1, 0.15) is 0 Å². The van der Waals surface area contributed by atoms with E-state index in [4.69, 9.17) is 6.42 Å². The maximum atomic E-state index is 10.9. The number of aromatic nitrogens is 1. The fourth-order valence-corrected chi connectivity index (χ4v) is 0.690. The van der Waals surface area contributed by atoms with Crippen LogP contribution in [0, 0.1) is 12.3 Å². The summed E-state index contributed by atoms with van der Waals surface area (Å²) in [4.78, 5) is 10.9. The van der Waals surface area contributed by atoms with Gasteiger partial charge in [-0.15, -0.1) is 6.42 Å². The molecule has 0 bridgehead atoms. The normalized spacial score (nSPS) is 8.70. The molecule has 0 N–H and O–H groups in total. The highest BCUT2D eigenvalue weighted by Gasteiger charge is 1.86. The lowest BCUT2D eigenvalue weighted by atomic mass is 10.5. The molecule has 50 valence electrons. The molecule has 1 rings (SSSR count). The van der Waals surface area contributed by atoms with Crippen LogP contribution in [0.25, 0.3) is 0 Å². The molecule has 0 aromatic carbocycles. The van der Waals surface area contributed by atoms with Crippen LogP contribution in [0.4, 0.5) is 0 Å². The molecule has 2 nitrogen and oxygen atoms in total. The molecular formula is C8H7NO. The van der Waals surface area contributed by atoms with Crippen LogP contribution in [0.1, 0.15) is 0 Å². The Balaban J connectivity index is 3.07. The molecule has 0 aliphatic carbocycles. The van der Waals surface area contributed by atoms with Crippen molar-refractivity contribution in [3.05, 3.63) is 34.7 Å². The van der Waals surface area contributed by atoms with Crippen LogP contribution in [0.3, 0.4) is 0 Å². The largest absolute Gasteiger partial charge is 0.304 e. The second kappa shape index (κ2) is 2.88. The Kier molecular flexibility index (Phi) is 1.91. The molecule has 0 amide bonds. The molecule has 0 saturated heterocycles. The van der Waals surface area contributed by atoms with E-state index in [0.717, 1.165) is 0 Å². The molecule has 0 atom stereocenters. The fraction of sp³-hybridized carbons (Fsp3) is 0.125. The lowest BCUT2D eigenvalue weighted by molar-refractivity contribution is 0.796. The topological polar surface area (TPSA) is 22.0 Å². The molecule has 0 fully saturated rings. The van der Waals surface area contributed by atoms with E-state index in [1.807, 2.05) is 0 Å². The highest BCUT2D eigenvalue weighted by Crippen LogP contribution is 1.79. The predicted molar refractivity (Wildman–Crippen MR) is 39.5 cm³/mol. The van der Waals surface area contributed by atoms with E-state index >= 15 is 0 Å². The molecule has 1 aromatic heterocycles. The molecule has 0 aliphatic rings. The van der Waals surface area contributed by atoms with Crippen molar-refractivity contribution in [2.24, 2.45) is 0 Å². The minimum absolute atomic E-state index is 0.0551. The summed E-state index contributed by atoms with van der Waals surface area (Å²) < 4.78 is 1.47. The monoisotopic (exact) mass is 133 g/mol. The van der Waals surface area contributed by atoms with Crippen LogP contribution in [-0.2, 0) is 6.54 Å². The molecule has 0 unspecified atom stereocenters. The molecule has 0 radical (unpaired) electrons. The molecule has 0 saturated carbocycles. The number of hydrogen-bond acceptors (Lipinski definition) is 1. The molecule has 0 aliphatic heterocycles. The second-order valence-electron chi connectivity index (χ2n) is 1.87. The average molecular weight is 133 g/mol. The van der Waals surface area contributed by atoms with Gasteiger partial charge in [-0.05, 0) is 6.07 Å². The third kappa shape index (κ3) is 1.26. The first-order valence-electron chi connectivity index (χ1n) is 2.93. The Bertz CT molecular complexity index is 306. The quantitative estimate of drug-likeness (QED) is 0.511. The molecule has 0 spiro atoms. The molecular weight excluding hydrogens is 126 g/mol. The summed E-state index contributed by atoms with van der Waals surface area (Å²) >= 11 is 0. The van der Waals surface area contributed by atoms with E-state index < -0.39 is 0 Å². The summed E-state index contributed by atoms with van der Waals surface area (Å²) in [6.45, 7) is 0.347. The fourth-order valence-electron chi connectivity index (χ4n) is 0.690. The highest BCUT2D eigenvalue weighted by molar-refractivity contribution is 4.96. The first-order valence-corrected chi connectivity index (χ1v) is 2.93. The average Bonchev–Trinajstić information content (AvgIpc) is 1.94. The van der Waals surface area contributed by atoms with Gasteiger partial charge in [-0.3, -0.25) is 4.79 Å². The zero-order valence-corrected chi connectivity index (χ0v) is 5.45. The number of terminal acetylenes is 1. The van der Waals surface area contributed by atoms with Gasteiger partial charge >= 0.3 is 0 Å². The summed E-state index contributed by atoms with van der Waals surface area (Å²) in [6.07, 6.45) is 6.69. The SMILES string of the molecule is C#CCn1ccccc1=O. The van der Waals surface area contributed by atoms with Crippen molar-refractivity contribution in [1.82, 2.24) is 4.57 Å². The summed E-state index contributed by atoms with van der Waals surface area (Å²) in [5, 5.41) is 0. The number of rotatable bonds is 1. The number of nitrogens with zero attached hydrogens (tertiary/aromatic N) is 1. The van der Waals surface area contributed by atoms with Gasteiger partial charge in [0.25, 0.3) is 5.56 Å². The van der Waals surface area contributed by atoms with Gasteiger partial charge in [-0.1, -0.05) is 12.0 Å². The Morgan fingerprint density at radius 3 is 3.00 bits per heavy atom. The van der Waals surface area contributed by atoms with Crippen LogP contribution in [0.15, 0.2) is 29.2 Å². The second-order valence-corrected chi connectivity index (χ2v) is 1.87. The lowest BCUT2D eigenvalue weighted by Crippen LogP contribution is -2.16. The van der Waals surface area contributed by atoms with Crippen molar-refractivity contribution in [1.29, 1.82) is 0 Å². The minimum atomic E-state index is -0.0551. The van der Waals surface area contributed by atoms with Crippen LogP contribution in [0.5, 0.6) is 0 Å². The Morgan fingerprint density at radius 2 is 2.40 bits per heavy atom. The van der Waals surface area contributed by atoms with E-state index in [9.17, 15) is 4.79 Å². The maximum Gasteiger partial charge on any atom is 0.251 e. The zero-order chi connectivity index (χ0) is 7.40. The van der Waals surface area contributed by atoms with Crippen molar-refractivity contribution in [3.63, 3.8) is 0 Å². The van der Waals surface area contributed by atoms with E-state index in [-0.39, 0.29) is 5.56 Å². The van der Waals surface area contributed by atoms with E-state index in [2.05, 4.69) is 5.92 Å². The summed E-state index contributed by atoms with van der Waals surface area (Å²) in [5.41, 5.74) is -0.0551. The predicted octanol–water partition coefficient (Wildman–Crippen LogP) is 0.481. The van der Waals surface area contributed by atoms with Gasteiger partial charge < -0.3 is 4.57 Å². The standard InChI is InChI=1S/C8H7NO/c1-2-6-9-7-4-3-5-8(9)10/h1,3-5,7H,6H2. The van der Waals surface area contributed by atoms with Gasteiger partial charge in [0, 0.05) is 12.3 Å².